The molecule has 0 spiro atoms. The highest BCUT2D eigenvalue weighted by molar-refractivity contribution is 5.96. The number of anilines is 3. The van der Waals surface area contributed by atoms with Crippen LogP contribution in [0.3, 0.4) is 0 Å². The third-order valence-corrected chi connectivity index (χ3v) is 3.96. The second kappa shape index (κ2) is 8.76. The Balaban J connectivity index is 1.65. The standard InChI is InChI=1S/C22H23N3O2/c1-2-14-24-22(26)16-8-13-21(20(23)15-16)25-17-9-11-19(12-10-17)27-18-6-4-3-5-7-18/h3-13,15,25H,2,14,23H2,1H3,(H,24,26). The maximum atomic E-state index is 12.0. The molecule has 0 aliphatic carbocycles. The number of benzene rings is 3. The second-order valence-corrected chi connectivity index (χ2v) is 6.12. The van der Waals surface area contributed by atoms with Gasteiger partial charge < -0.3 is 21.1 Å². The number of carbonyl (C=O) groups is 1. The lowest BCUT2D eigenvalue weighted by Crippen LogP contribution is -2.24. The van der Waals surface area contributed by atoms with Crippen LogP contribution in [0.25, 0.3) is 0 Å². The lowest BCUT2D eigenvalue weighted by atomic mass is 10.1. The van der Waals surface area contributed by atoms with E-state index < -0.39 is 0 Å². The minimum atomic E-state index is -0.113. The fourth-order valence-electron chi connectivity index (χ4n) is 2.54. The molecule has 0 saturated heterocycles. The Kier molecular flexibility index (Phi) is 5.94. The third-order valence-electron chi connectivity index (χ3n) is 3.96. The molecule has 0 aliphatic heterocycles. The van der Waals surface area contributed by atoms with Gasteiger partial charge in [-0.2, -0.15) is 0 Å². The van der Waals surface area contributed by atoms with Crippen molar-refractivity contribution in [3.63, 3.8) is 0 Å². The summed E-state index contributed by atoms with van der Waals surface area (Å²) in [5.74, 6) is 1.43. The largest absolute Gasteiger partial charge is 0.457 e. The molecule has 0 heterocycles. The summed E-state index contributed by atoms with van der Waals surface area (Å²) in [6, 6.07) is 22.5. The van der Waals surface area contributed by atoms with Gasteiger partial charge in [-0.3, -0.25) is 4.79 Å². The summed E-state index contributed by atoms with van der Waals surface area (Å²) < 4.78 is 5.78. The number of nitrogens with two attached hydrogens (primary N) is 1. The summed E-state index contributed by atoms with van der Waals surface area (Å²) in [7, 11) is 0. The molecule has 0 aromatic heterocycles. The molecule has 0 bridgehead atoms. The van der Waals surface area contributed by atoms with Crippen LogP contribution in [0.4, 0.5) is 17.1 Å². The predicted octanol–water partition coefficient (Wildman–Crippen LogP) is 4.94. The van der Waals surface area contributed by atoms with Gasteiger partial charge in [0, 0.05) is 17.8 Å². The van der Waals surface area contributed by atoms with Gasteiger partial charge in [-0.25, -0.2) is 0 Å². The molecular weight excluding hydrogens is 338 g/mol. The highest BCUT2D eigenvalue weighted by Crippen LogP contribution is 2.27. The number of hydrogen-bond acceptors (Lipinski definition) is 4. The average Bonchev–Trinajstić information content (AvgIpc) is 2.70. The molecule has 27 heavy (non-hydrogen) atoms. The monoisotopic (exact) mass is 361 g/mol. The highest BCUT2D eigenvalue weighted by Gasteiger charge is 2.08. The van der Waals surface area contributed by atoms with E-state index in [0.717, 1.165) is 29.3 Å². The molecule has 0 aliphatic rings. The first-order valence-electron chi connectivity index (χ1n) is 8.93. The summed E-state index contributed by atoms with van der Waals surface area (Å²) in [6.45, 7) is 2.66. The zero-order valence-electron chi connectivity index (χ0n) is 15.2. The Hall–Kier alpha value is -3.47. The van der Waals surface area contributed by atoms with Crippen LogP contribution in [0, 0.1) is 0 Å². The number of nitrogens with one attached hydrogen (secondary N) is 2. The van der Waals surface area contributed by atoms with E-state index in [4.69, 9.17) is 10.5 Å². The molecule has 4 N–H and O–H groups in total. The quantitative estimate of drug-likeness (QED) is 0.521. The normalized spacial score (nSPS) is 10.3. The first kappa shape index (κ1) is 18.3. The minimum absolute atomic E-state index is 0.113. The van der Waals surface area contributed by atoms with E-state index in [2.05, 4.69) is 10.6 Å². The van der Waals surface area contributed by atoms with Gasteiger partial charge in [0.25, 0.3) is 5.91 Å². The molecule has 0 radical (unpaired) electrons. The molecule has 3 aromatic rings. The Morgan fingerprint density at radius 2 is 1.67 bits per heavy atom. The van der Waals surface area contributed by atoms with E-state index in [1.54, 1.807) is 12.1 Å². The van der Waals surface area contributed by atoms with Gasteiger partial charge in [0.2, 0.25) is 0 Å². The van der Waals surface area contributed by atoms with E-state index in [1.807, 2.05) is 67.6 Å². The summed E-state index contributed by atoms with van der Waals surface area (Å²) in [6.07, 6.45) is 0.894. The van der Waals surface area contributed by atoms with Crippen LogP contribution in [-0.4, -0.2) is 12.5 Å². The molecule has 138 valence electrons. The molecule has 0 fully saturated rings. The smallest absolute Gasteiger partial charge is 0.251 e. The van der Waals surface area contributed by atoms with Crippen LogP contribution in [0.2, 0.25) is 0 Å². The number of para-hydroxylation sites is 1. The highest BCUT2D eigenvalue weighted by atomic mass is 16.5. The van der Waals surface area contributed by atoms with Gasteiger partial charge in [0.15, 0.2) is 0 Å². The van der Waals surface area contributed by atoms with Gasteiger partial charge in [0.1, 0.15) is 11.5 Å². The molecule has 5 nitrogen and oxygen atoms in total. The van der Waals surface area contributed by atoms with Crippen molar-refractivity contribution >= 4 is 23.0 Å². The van der Waals surface area contributed by atoms with Crippen molar-refractivity contribution < 1.29 is 9.53 Å². The van der Waals surface area contributed by atoms with E-state index in [1.165, 1.54) is 0 Å². The van der Waals surface area contributed by atoms with Crippen LogP contribution in [0.5, 0.6) is 11.5 Å². The van der Waals surface area contributed by atoms with Crippen molar-refractivity contribution in [2.24, 2.45) is 0 Å². The van der Waals surface area contributed by atoms with E-state index in [0.29, 0.717) is 17.8 Å². The Bertz CT molecular complexity index is 893. The fourth-order valence-corrected chi connectivity index (χ4v) is 2.54. The predicted molar refractivity (Wildman–Crippen MR) is 110 cm³/mol. The SMILES string of the molecule is CCCNC(=O)c1ccc(Nc2ccc(Oc3ccccc3)cc2)c(N)c1. The second-order valence-electron chi connectivity index (χ2n) is 6.12. The molecule has 3 aromatic carbocycles. The lowest BCUT2D eigenvalue weighted by molar-refractivity contribution is 0.0953. The van der Waals surface area contributed by atoms with Crippen molar-refractivity contribution in [3.05, 3.63) is 78.4 Å². The van der Waals surface area contributed by atoms with Gasteiger partial charge >= 0.3 is 0 Å². The van der Waals surface area contributed by atoms with Crippen molar-refractivity contribution in [1.29, 1.82) is 0 Å². The fraction of sp³-hybridized carbons (Fsp3) is 0.136. The van der Waals surface area contributed by atoms with Gasteiger partial charge in [0.05, 0.1) is 11.4 Å². The van der Waals surface area contributed by atoms with Gasteiger partial charge in [-0.05, 0) is 61.0 Å². The zero-order valence-corrected chi connectivity index (χ0v) is 15.2. The van der Waals surface area contributed by atoms with Crippen LogP contribution in [0.1, 0.15) is 23.7 Å². The number of carbonyl (C=O) groups excluding carboxylic acids is 1. The van der Waals surface area contributed by atoms with Crippen LogP contribution in [-0.2, 0) is 0 Å². The average molecular weight is 361 g/mol. The number of hydrogen-bond donors (Lipinski definition) is 3. The molecule has 5 heteroatoms. The van der Waals surface area contributed by atoms with E-state index in [-0.39, 0.29) is 5.91 Å². The molecule has 0 unspecified atom stereocenters. The first-order valence-corrected chi connectivity index (χ1v) is 8.93. The van der Waals surface area contributed by atoms with Crippen molar-refractivity contribution in [2.45, 2.75) is 13.3 Å². The van der Waals surface area contributed by atoms with Gasteiger partial charge in [-0.15, -0.1) is 0 Å². The van der Waals surface area contributed by atoms with Crippen LogP contribution < -0.4 is 21.1 Å². The Morgan fingerprint density at radius 1 is 0.963 bits per heavy atom. The van der Waals surface area contributed by atoms with Crippen LogP contribution >= 0.6 is 0 Å². The summed E-state index contributed by atoms with van der Waals surface area (Å²) in [5.41, 5.74) is 8.80. The number of amides is 1. The maximum Gasteiger partial charge on any atom is 0.251 e. The van der Waals surface area contributed by atoms with Crippen molar-refractivity contribution in [2.75, 3.05) is 17.6 Å². The van der Waals surface area contributed by atoms with Crippen molar-refractivity contribution in [1.82, 2.24) is 5.32 Å². The summed E-state index contributed by atoms with van der Waals surface area (Å²) in [5, 5.41) is 6.10. The Labute approximate surface area is 159 Å². The molecule has 0 atom stereocenters. The topological polar surface area (TPSA) is 76.4 Å². The summed E-state index contributed by atoms with van der Waals surface area (Å²) >= 11 is 0. The van der Waals surface area contributed by atoms with Crippen LogP contribution in [0.15, 0.2) is 72.8 Å². The molecule has 0 saturated carbocycles. The zero-order chi connectivity index (χ0) is 19.1. The molecular formula is C22H23N3O2. The maximum absolute atomic E-state index is 12.0. The first-order chi connectivity index (χ1) is 13.2. The molecule has 1 amide bonds. The summed E-state index contributed by atoms with van der Waals surface area (Å²) in [4.78, 5) is 12.0. The minimum Gasteiger partial charge on any atom is -0.457 e. The number of rotatable bonds is 7. The van der Waals surface area contributed by atoms with Crippen molar-refractivity contribution in [3.8, 4) is 11.5 Å². The van der Waals surface area contributed by atoms with E-state index in [9.17, 15) is 4.79 Å². The van der Waals surface area contributed by atoms with E-state index >= 15 is 0 Å². The lowest BCUT2D eigenvalue weighted by Gasteiger charge is -2.12. The Morgan fingerprint density at radius 3 is 2.33 bits per heavy atom. The van der Waals surface area contributed by atoms with Gasteiger partial charge in [-0.1, -0.05) is 25.1 Å². The third kappa shape index (κ3) is 5.01. The number of nitrogen functional groups attached to an aromatic ring is 1. The number of ether oxygens (including phenoxy) is 1. The molecule has 3 rings (SSSR count).